The second-order valence-electron chi connectivity index (χ2n) is 5.86. The minimum Gasteiger partial charge on any atom is -0.325 e. The zero-order chi connectivity index (χ0) is 15.9. The van der Waals surface area contributed by atoms with Crippen molar-refractivity contribution >= 4 is 35.8 Å². The van der Waals surface area contributed by atoms with E-state index in [-0.39, 0.29) is 18.3 Å². The Kier molecular flexibility index (Phi) is 7.63. The van der Waals surface area contributed by atoms with Gasteiger partial charge in [-0.2, -0.15) is 0 Å². The number of amides is 1. The van der Waals surface area contributed by atoms with Crippen LogP contribution in [0.4, 0.5) is 5.69 Å². The lowest BCUT2D eigenvalue weighted by Gasteiger charge is -2.12. The number of benzene rings is 2. The first kappa shape index (κ1) is 18.8. The first-order valence-electron chi connectivity index (χ1n) is 8.14. The lowest BCUT2D eigenvalue weighted by atomic mass is 10.0. The van der Waals surface area contributed by atoms with Gasteiger partial charge >= 0.3 is 0 Å². The van der Waals surface area contributed by atoms with E-state index in [2.05, 4.69) is 22.8 Å². The van der Waals surface area contributed by atoms with E-state index in [0.29, 0.717) is 12.3 Å². The van der Waals surface area contributed by atoms with Gasteiger partial charge in [0.2, 0.25) is 5.91 Å². The third kappa shape index (κ3) is 5.55. The monoisotopic (exact) mass is 362 g/mol. The van der Waals surface area contributed by atoms with Gasteiger partial charge in [-0.1, -0.05) is 42.1 Å². The molecule has 2 N–H and O–H groups in total. The first-order valence-corrected chi connectivity index (χ1v) is 8.95. The van der Waals surface area contributed by atoms with Crippen LogP contribution in [0.1, 0.15) is 19.3 Å². The van der Waals surface area contributed by atoms with Crippen LogP contribution in [0, 0.1) is 5.92 Å². The number of para-hydroxylation sites is 1. The Bertz CT molecular complexity index is 645. The van der Waals surface area contributed by atoms with E-state index < -0.39 is 0 Å². The minimum atomic E-state index is 0. The maximum atomic E-state index is 12.2. The third-order valence-electron chi connectivity index (χ3n) is 4.07. The van der Waals surface area contributed by atoms with Gasteiger partial charge in [0.15, 0.2) is 0 Å². The summed E-state index contributed by atoms with van der Waals surface area (Å²) in [4.78, 5) is 14.5. The molecule has 2 aromatic rings. The Hall–Kier alpha value is -1.49. The molecule has 1 amide bonds. The molecular formula is C19H23ClN2OS. The SMILES string of the molecule is Cl.O=C(CCC1CCNC1)Nc1ccccc1Sc1ccccc1. The summed E-state index contributed by atoms with van der Waals surface area (Å²) in [5.74, 6) is 0.757. The molecule has 0 aromatic heterocycles. The van der Waals surface area contributed by atoms with Crippen LogP contribution < -0.4 is 10.6 Å². The van der Waals surface area contributed by atoms with Gasteiger partial charge in [0.1, 0.15) is 0 Å². The van der Waals surface area contributed by atoms with Crippen molar-refractivity contribution in [2.45, 2.75) is 29.1 Å². The molecule has 2 aromatic carbocycles. The molecule has 1 heterocycles. The van der Waals surface area contributed by atoms with Gasteiger partial charge in [-0.3, -0.25) is 4.79 Å². The highest BCUT2D eigenvalue weighted by molar-refractivity contribution is 7.99. The second-order valence-corrected chi connectivity index (χ2v) is 6.97. The Morgan fingerprint density at radius 1 is 1.12 bits per heavy atom. The van der Waals surface area contributed by atoms with Crippen molar-refractivity contribution in [1.82, 2.24) is 5.32 Å². The highest BCUT2D eigenvalue weighted by atomic mass is 35.5. The molecule has 5 heteroatoms. The van der Waals surface area contributed by atoms with E-state index in [1.54, 1.807) is 11.8 Å². The van der Waals surface area contributed by atoms with Crippen molar-refractivity contribution in [3.05, 3.63) is 54.6 Å². The quantitative estimate of drug-likeness (QED) is 0.789. The largest absolute Gasteiger partial charge is 0.325 e. The highest BCUT2D eigenvalue weighted by Gasteiger charge is 2.16. The van der Waals surface area contributed by atoms with Crippen LogP contribution >= 0.6 is 24.2 Å². The van der Waals surface area contributed by atoms with Crippen molar-refractivity contribution < 1.29 is 4.79 Å². The summed E-state index contributed by atoms with van der Waals surface area (Å²) in [5, 5.41) is 6.42. The molecule has 0 radical (unpaired) electrons. The topological polar surface area (TPSA) is 41.1 Å². The van der Waals surface area contributed by atoms with Gasteiger partial charge in [-0.05, 0) is 56.1 Å². The summed E-state index contributed by atoms with van der Waals surface area (Å²) >= 11 is 1.67. The normalized spacial score (nSPS) is 16.4. The predicted molar refractivity (Wildman–Crippen MR) is 103 cm³/mol. The lowest BCUT2D eigenvalue weighted by molar-refractivity contribution is -0.116. The maximum absolute atomic E-state index is 12.2. The number of nitrogens with one attached hydrogen (secondary N) is 2. The molecule has 1 aliphatic heterocycles. The van der Waals surface area contributed by atoms with Crippen molar-refractivity contribution in [2.24, 2.45) is 5.92 Å². The average Bonchev–Trinajstić information content (AvgIpc) is 3.09. The molecule has 0 saturated carbocycles. The van der Waals surface area contributed by atoms with E-state index in [1.807, 2.05) is 42.5 Å². The Morgan fingerprint density at radius 2 is 1.88 bits per heavy atom. The van der Waals surface area contributed by atoms with Crippen LogP contribution in [0.5, 0.6) is 0 Å². The Labute approximate surface area is 154 Å². The summed E-state index contributed by atoms with van der Waals surface area (Å²) in [5.41, 5.74) is 0.899. The van der Waals surface area contributed by atoms with E-state index >= 15 is 0 Å². The molecule has 0 aliphatic carbocycles. The zero-order valence-electron chi connectivity index (χ0n) is 13.5. The van der Waals surface area contributed by atoms with Crippen LogP contribution in [-0.4, -0.2) is 19.0 Å². The second kappa shape index (κ2) is 9.72. The molecule has 1 unspecified atom stereocenters. The lowest BCUT2D eigenvalue weighted by Crippen LogP contribution is -2.15. The molecule has 1 fully saturated rings. The fourth-order valence-electron chi connectivity index (χ4n) is 2.78. The van der Waals surface area contributed by atoms with Crippen LogP contribution in [0.15, 0.2) is 64.4 Å². The predicted octanol–water partition coefficient (Wildman–Crippen LogP) is 4.59. The smallest absolute Gasteiger partial charge is 0.224 e. The fraction of sp³-hybridized carbons (Fsp3) is 0.316. The molecule has 3 nitrogen and oxygen atoms in total. The summed E-state index contributed by atoms with van der Waals surface area (Å²) < 4.78 is 0. The van der Waals surface area contributed by atoms with Crippen LogP contribution in [0.2, 0.25) is 0 Å². The number of rotatable bonds is 6. The number of carbonyl (C=O) groups is 1. The number of halogens is 1. The summed E-state index contributed by atoms with van der Waals surface area (Å²) in [6.07, 6.45) is 2.75. The number of hydrogen-bond donors (Lipinski definition) is 2. The van der Waals surface area contributed by atoms with Crippen LogP contribution in [0.3, 0.4) is 0 Å². The van der Waals surface area contributed by atoms with Crippen molar-refractivity contribution in [3.8, 4) is 0 Å². The molecule has 1 atom stereocenters. The minimum absolute atomic E-state index is 0. The van der Waals surface area contributed by atoms with E-state index in [4.69, 9.17) is 0 Å². The standard InChI is InChI=1S/C19H22N2OS.ClH/c22-19(11-10-15-12-13-20-14-15)21-17-8-4-5-9-18(17)23-16-6-2-1-3-7-16;/h1-9,15,20H,10-14H2,(H,21,22);1H. The van der Waals surface area contributed by atoms with E-state index in [0.717, 1.165) is 30.1 Å². The summed E-state index contributed by atoms with van der Waals surface area (Å²) in [6.45, 7) is 2.14. The van der Waals surface area contributed by atoms with Gasteiger partial charge in [-0.25, -0.2) is 0 Å². The third-order valence-corrected chi connectivity index (χ3v) is 5.16. The Balaban J connectivity index is 0.00000208. The zero-order valence-corrected chi connectivity index (χ0v) is 15.2. The summed E-state index contributed by atoms with van der Waals surface area (Å²) in [6, 6.07) is 18.2. The number of carbonyl (C=O) groups excluding carboxylic acids is 1. The summed E-state index contributed by atoms with van der Waals surface area (Å²) in [7, 11) is 0. The average molecular weight is 363 g/mol. The number of anilines is 1. The molecule has 24 heavy (non-hydrogen) atoms. The van der Waals surface area contributed by atoms with Gasteiger partial charge in [-0.15, -0.1) is 12.4 Å². The van der Waals surface area contributed by atoms with Crippen molar-refractivity contribution in [3.63, 3.8) is 0 Å². The maximum Gasteiger partial charge on any atom is 0.224 e. The van der Waals surface area contributed by atoms with Gasteiger partial charge in [0.25, 0.3) is 0 Å². The van der Waals surface area contributed by atoms with Crippen LogP contribution in [-0.2, 0) is 4.79 Å². The first-order chi connectivity index (χ1) is 11.3. The van der Waals surface area contributed by atoms with Crippen molar-refractivity contribution in [2.75, 3.05) is 18.4 Å². The molecular weight excluding hydrogens is 340 g/mol. The van der Waals surface area contributed by atoms with E-state index in [9.17, 15) is 4.79 Å². The molecule has 0 bridgehead atoms. The van der Waals surface area contributed by atoms with E-state index in [1.165, 1.54) is 11.3 Å². The fourth-order valence-corrected chi connectivity index (χ4v) is 3.71. The molecule has 1 saturated heterocycles. The van der Waals surface area contributed by atoms with Crippen molar-refractivity contribution in [1.29, 1.82) is 0 Å². The van der Waals surface area contributed by atoms with Gasteiger partial charge < -0.3 is 10.6 Å². The highest BCUT2D eigenvalue weighted by Crippen LogP contribution is 2.33. The molecule has 3 rings (SSSR count). The number of hydrogen-bond acceptors (Lipinski definition) is 3. The van der Waals surface area contributed by atoms with Gasteiger partial charge in [0.05, 0.1) is 5.69 Å². The van der Waals surface area contributed by atoms with Crippen LogP contribution in [0.25, 0.3) is 0 Å². The Morgan fingerprint density at radius 3 is 2.62 bits per heavy atom. The van der Waals surface area contributed by atoms with Gasteiger partial charge in [0, 0.05) is 16.2 Å². The molecule has 1 aliphatic rings. The molecule has 0 spiro atoms. The molecule has 128 valence electrons.